The molecule has 2 aromatic heterocycles. The van der Waals surface area contributed by atoms with Crippen LogP contribution >= 0.6 is 0 Å². The molecule has 0 aliphatic heterocycles. The van der Waals surface area contributed by atoms with Crippen molar-refractivity contribution in [2.24, 2.45) is 0 Å². The number of furan rings is 2. The predicted molar refractivity (Wildman–Crippen MR) is 383 cm³/mol. The molecule has 0 amide bonds. The lowest BCUT2D eigenvalue weighted by Gasteiger charge is -2.31. The van der Waals surface area contributed by atoms with E-state index in [2.05, 4.69) is 334 Å². The molecular weight excluding hydrogens is 1090 g/mol. The third-order valence-corrected chi connectivity index (χ3v) is 18.6. The van der Waals surface area contributed by atoms with Gasteiger partial charge in [0.15, 0.2) is 0 Å². The molecule has 90 heavy (non-hydrogen) atoms. The van der Waals surface area contributed by atoms with E-state index >= 15 is 0 Å². The molecule has 4 nitrogen and oxygen atoms in total. The van der Waals surface area contributed by atoms with Crippen molar-refractivity contribution in [3.05, 3.63) is 288 Å². The normalized spacial score (nSPS) is 12.1. The zero-order valence-electron chi connectivity index (χ0n) is 53.0. The van der Waals surface area contributed by atoms with Crippen LogP contribution in [0.2, 0.25) is 0 Å². The van der Waals surface area contributed by atoms with Crippen molar-refractivity contribution in [1.82, 2.24) is 0 Å². The van der Waals surface area contributed by atoms with Gasteiger partial charge in [-0.05, 0) is 200 Å². The minimum atomic E-state index is -0.0494. The first-order valence-electron chi connectivity index (χ1n) is 31.5. The third-order valence-electron chi connectivity index (χ3n) is 18.6. The summed E-state index contributed by atoms with van der Waals surface area (Å²) < 4.78 is 15.0. The summed E-state index contributed by atoms with van der Waals surface area (Å²) in [7, 11) is 0. The summed E-state index contributed by atoms with van der Waals surface area (Å²) in [5.41, 5.74) is 26.1. The number of aryl methyl sites for hydroxylation is 4. The van der Waals surface area contributed by atoms with Gasteiger partial charge in [0.25, 0.3) is 0 Å². The monoisotopic (exact) mass is 1160 g/mol. The molecule has 2 heterocycles. The molecule has 0 bridgehead atoms. The summed E-state index contributed by atoms with van der Waals surface area (Å²) in [4.78, 5) is 4.93. The second kappa shape index (κ2) is 21.7. The van der Waals surface area contributed by atoms with E-state index in [1.54, 1.807) is 0 Å². The van der Waals surface area contributed by atoms with Crippen LogP contribution in [0.4, 0.5) is 34.1 Å². The van der Waals surface area contributed by atoms with Gasteiger partial charge in [-0.15, -0.1) is 0 Å². The smallest absolute Gasteiger partial charge is 0.144 e. The molecule has 0 unspecified atom stereocenters. The summed E-state index contributed by atoms with van der Waals surface area (Å²) in [5, 5.41) is 8.53. The quantitative estimate of drug-likeness (QED) is 0.137. The molecule has 0 saturated heterocycles. The fourth-order valence-corrected chi connectivity index (χ4v) is 13.5. The van der Waals surface area contributed by atoms with Crippen LogP contribution in [0.15, 0.2) is 264 Å². The highest BCUT2D eigenvalue weighted by atomic mass is 16.3. The summed E-state index contributed by atoms with van der Waals surface area (Å²) in [6, 6.07) is 93.6. The number of hydrogen-bond donors (Lipinski definition) is 0. The van der Waals surface area contributed by atoms with Crippen LogP contribution in [0.25, 0.3) is 110 Å². The van der Waals surface area contributed by atoms with Gasteiger partial charge in [0.05, 0.1) is 0 Å². The van der Waals surface area contributed by atoms with E-state index < -0.39 is 0 Å². The Hall–Kier alpha value is -10.4. The predicted octanol–water partition coefficient (Wildman–Crippen LogP) is 25.2. The van der Waals surface area contributed by atoms with Gasteiger partial charge < -0.3 is 18.6 Å². The third kappa shape index (κ3) is 9.79. The Morgan fingerprint density at radius 1 is 0.278 bits per heavy atom. The molecule has 15 aromatic rings. The molecule has 15 rings (SSSR count). The minimum Gasteiger partial charge on any atom is -0.455 e. The van der Waals surface area contributed by atoms with Crippen LogP contribution < -0.4 is 9.80 Å². The summed E-state index contributed by atoms with van der Waals surface area (Å²) in [6.07, 6.45) is 0. The van der Waals surface area contributed by atoms with Crippen LogP contribution in [-0.4, -0.2) is 0 Å². The van der Waals surface area contributed by atoms with Gasteiger partial charge in [0, 0.05) is 66.8 Å². The maximum absolute atomic E-state index is 7.50. The SMILES string of the molecule is Cc1ccc(-c2ccccc2)cc1N(c1ccc2cc3c(cc2c1)oc1c(-c2ccccc2)c2c(oc4cc5cc(N(c6cc(-c7ccccc7)ccc6C)c6cc(C(C)(C)C)ccc6C)ccc5cc42)c(-c2ccccc2)c13)c1cc(C(C)(C)C)ccc1C. The number of benzene rings is 13. The molecule has 4 heteroatoms. The number of anilines is 6. The van der Waals surface area contributed by atoms with Crippen molar-refractivity contribution in [3.63, 3.8) is 0 Å². The molecule has 0 N–H and O–H groups in total. The van der Waals surface area contributed by atoms with Gasteiger partial charge in [-0.1, -0.05) is 224 Å². The molecule has 438 valence electrons. The second-order valence-corrected chi connectivity index (χ2v) is 26.8. The highest BCUT2D eigenvalue weighted by Crippen LogP contribution is 2.53. The van der Waals surface area contributed by atoms with Crippen LogP contribution in [0, 0.1) is 27.7 Å². The van der Waals surface area contributed by atoms with E-state index in [0.717, 1.165) is 122 Å². The van der Waals surface area contributed by atoms with Gasteiger partial charge in [-0.2, -0.15) is 0 Å². The van der Waals surface area contributed by atoms with Gasteiger partial charge in [-0.25, -0.2) is 0 Å². The standard InChI is InChI=1S/C86H72N2O2/c1-53-31-35-63(57-23-15-11-16-24-57)47-73(53)87(75-51-67(85(5,6)7)39-33-55(75)3)69-41-37-61-45-71-77(49-65(61)43-69)89-83-80(60-29-21-14-22-30-60)82-72-46-62-38-42-70(44-66(62)50-78(72)90-84(82)79(81(71)83)59-27-19-13-20-28-59)88(76-52-68(86(8,9)10)40-34-56(76)4)74-48-64(36-32-54(74)2)58-25-17-12-18-26-58/h11-52H,1-10H3. The Morgan fingerprint density at radius 2 is 0.611 bits per heavy atom. The van der Waals surface area contributed by atoms with Crippen LogP contribution in [0.3, 0.4) is 0 Å². The highest BCUT2D eigenvalue weighted by Gasteiger charge is 2.29. The Bertz CT molecular complexity index is 4960. The molecule has 13 aromatic carbocycles. The van der Waals surface area contributed by atoms with E-state index in [9.17, 15) is 0 Å². The lowest BCUT2D eigenvalue weighted by Crippen LogP contribution is -2.16. The molecular formula is C86H72N2O2. The summed E-state index contributed by atoms with van der Waals surface area (Å²) >= 11 is 0. The van der Waals surface area contributed by atoms with Gasteiger partial charge in [0.1, 0.15) is 22.3 Å². The van der Waals surface area contributed by atoms with Crippen molar-refractivity contribution in [1.29, 1.82) is 0 Å². The lowest BCUT2D eigenvalue weighted by atomic mass is 9.86. The molecule has 0 atom stereocenters. The van der Waals surface area contributed by atoms with Crippen molar-refractivity contribution in [2.45, 2.75) is 80.1 Å². The first-order chi connectivity index (χ1) is 43.5. The van der Waals surface area contributed by atoms with Gasteiger partial charge in [-0.3, -0.25) is 0 Å². The fourth-order valence-electron chi connectivity index (χ4n) is 13.5. The Labute approximate surface area is 527 Å². The number of nitrogens with zero attached hydrogens (tertiary/aromatic N) is 2. The summed E-state index contributed by atoms with van der Waals surface area (Å²) in [5.74, 6) is 0. The van der Waals surface area contributed by atoms with Crippen molar-refractivity contribution in [3.8, 4) is 44.5 Å². The number of hydrogen-bond acceptors (Lipinski definition) is 4. The fraction of sp³-hybridized carbons (Fsp3) is 0.140. The van der Waals surface area contributed by atoms with Crippen LogP contribution in [0.5, 0.6) is 0 Å². The lowest BCUT2D eigenvalue weighted by molar-refractivity contribution is 0.590. The maximum atomic E-state index is 7.50. The highest BCUT2D eigenvalue weighted by molar-refractivity contribution is 6.31. The summed E-state index contributed by atoms with van der Waals surface area (Å²) in [6.45, 7) is 22.7. The Morgan fingerprint density at radius 3 is 0.967 bits per heavy atom. The topological polar surface area (TPSA) is 32.8 Å². The Balaban J connectivity index is 0.948. The molecule has 0 aliphatic rings. The molecule has 0 aliphatic carbocycles. The van der Waals surface area contributed by atoms with Crippen molar-refractivity contribution >= 4 is 99.5 Å². The van der Waals surface area contributed by atoms with Crippen molar-refractivity contribution in [2.75, 3.05) is 9.80 Å². The van der Waals surface area contributed by atoms with E-state index in [4.69, 9.17) is 8.83 Å². The number of fused-ring (bicyclic) bond motifs is 8. The second-order valence-electron chi connectivity index (χ2n) is 26.8. The van der Waals surface area contributed by atoms with E-state index in [-0.39, 0.29) is 10.8 Å². The average Bonchev–Trinajstić information content (AvgIpc) is 1.53. The van der Waals surface area contributed by atoms with Gasteiger partial charge in [0.2, 0.25) is 0 Å². The zero-order valence-corrected chi connectivity index (χ0v) is 53.0. The van der Waals surface area contributed by atoms with E-state index in [1.165, 1.54) is 55.6 Å². The number of rotatable bonds is 10. The molecule has 0 spiro atoms. The van der Waals surface area contributed by atoms with E-state index in [0.29, 0.717) is 0 Å². The maximum Gasteiger partial charge on any atom is 0.144 e. The minimum absolute atomic E-state index is 0.0494. The van der Waals surface area contributed by atoms with Crippen LogP contribution in [0.1, 0.15) is 74.9 Å². The zero-order chi connectivity index (χ0) is 61.7. The first kappa shape index (κ1) is 56.1. The largest absolute Gasteiger partial charge is 0.455 e. The molecule has 0 saturated carbocycles. The average molecular weight is 1170 g/mol. The van der Waals surface area contributed by atoms with Gasteiger partial charge >= 0.3 is 0 Å². The Kier molecular flexibility index (Phi) is 13.5. The van der Waals surface area contributed by atoms with E-state index in [1.807, 2.05) is 0 Å². The molecule has 0 radical (unpaired) electrons. The first-order valence-corrected chi connectivity index (χ1v) is 31.5. The van der Waals surface area contributed by atoms with Crippen molar-refractivity contribution < 1.29 is 8.83 Å². The van der Waals surface area contributed by atoms with Crippen LogP contribution in [-0.2, 0) is 10.8 Å². The molecule has 0 fully saturated rings.